The van der Waals surface area contributed by atoms with Crippen molar-refractivity contribution in [2.75, 3.05) is 37.7 Å². The minimum atomic E-state index is 0.105. The molecule has 2 aromatic carbocycles. The SMILES string of the molecule is Cc1ccc(OCCC(=O)N2CCN(c3ncnc4c3cnn4-c3cccc(Cl)c3)CC2)cc1. The summed E-state index contributed by atoms with van der Waals surface area (Å²) in [4.78, 5) is 25.7. The summed E-state index contributed by atoms with van der Waals surface area (Å²) < 4.78 is 7.48. The zero-order valence-corrected chi connectivity index (χ0v) is 19.6. The first kappa shape index (κ1) is 22.2. The Morgan fingerprint density at radius 1 is 1.06 bits per heavy atom. The number of piperazine rings is 1. The third-order valence-corrected chi connectivity index (χ3v) is 6.17. The monoisotopic (exact) mass is 476 g/mol. The van der Waals surface area contributed by atoms with Gasteiger partial charge in [0, 0.05) is 31.2 Å². The highest BCUT2D eigenvalue weighted by atomic mass is 35.5. The van der Waals surface area contributed by atoms with Crippen molar-refractivity contribution in [2.45, 2.75) is 13.3 Å². The minimum Gasteiger partial charge on any atom is -0.493 e. The number of carbonyl (C=O) groups excluding carboxylic acids is 1. The van der Waals surface area contributed by atoms with Gasteiger partial charge in [0.05, 0.1) is 30.3 Å². The Morgan fingerprint density at radius 3 is 2.62 bits per heavy atom. The summed E-state index contributed by atoms with van der Waals surface area (Å²) in [5, 5.41) is 6.03. The summed E-state index contributed by atoms with van der Waals surface area (Å²) in [7, 11) is 0. The van der Waals surface area contributed by atoms with Gasteiger partial charge in [0.2, 0.25) is 5.91 Å². The summed E-state index contributed by atoms with van der Waals surface area (Å²) in [5.41, 5.74) is 2.74. The van der Waals surface area contributed by atoms with Gasteiger partial charge in [0.15, 0.2) is 5.65 Å². The van der Waals surface area contributed by atoms with E-state index in [0.29, 0.717) is 44.2 Å². The first-order valence-corrected chi connectivity index (χ1v) is 11.6. The maximum absolute atomic E-state index is 12.7. The molecule has 174 valence electrons. The smallest absolute Gasteiger partial charge is 0.226 e. The molecule has 1 aliphatic rings. The normalized spacial score (nSPS) is 13.9. The van der Waals surface area contributed by atoms with Gasteiger partial charge in [-0.25, -0.2) is 14.6 Å². The van der Waals surface area contributed by atoms with Crippen molar-refractivity contribution in [2.24, 2.45) is 0 Å². The number of halogens is 1. The van der Waals surface area contributed by atoms with E-state index in [1.165, 1.54) is 5.56 Å². The molecule has 0 radical (unpaired) electrons. The molecule has 0 aliphatic carbocycles. The van der Waals surface area contributed by atoms with Gasteiger partial charge < -0.3 is 14.5 Å². The Morgan fingerprint density at radius 2 is 1.85 bits per heavy atom. The lowest BCUT2D eigenvalue weighted by atomic mass is 10.2. The van der Waals surface area contributed by atoms with Crippen LogP contribution in [0.15, 0.2) is 61.1 Å². The molecular weight excluding hydrogens is 452 g/mol. The zero-order valence-electron chi connectivity index (χ0n) is 18.9. The van der Waals surface area contributed by atoms with E-state index in [-0.39, 0.29) is 5.91 Å². The number of carbonyl (C=O) groups is 1. The number of aryl methyl sites for hydroxylation is 1. The molecule has 0 N–H and O–H groups in total. The van der Waals surface area contributed by atoms with E-state index in [9.17, 15) is 4.79 Å². The number of benzene rings is 2. The lowest BCUT2D eigenvalue weighted by Crippen LogP contribution is -2.49. The van der Waals surface area contributed by atoms with E-state index in [4.69, 9.17) is 16.3 Å². The van der Waals surface area contributed by atoms with E-state index >= 15 is 0 Å². The van der Waals surface area contributed by atoms with Gasteiger partial charge in [-0.2, -0.15) is 5.10 Å². The number of ether oxygens (including phenoxy) is 1. The highest BCUT2D eigenvalue weighted by Gasteiger charge is 2.24. The van der Waals surface area contributed by atoms with Crippen molar-refractivity contribution in [3.8, 4) is 11.4 Å². The van der Waals surface area contributed by atoms with Gasteiger partial charge in [0.25, 0.3) is 0 Å². The molecule has 0 bridgehead atoms. The van der Waals surface area contributed by atoms with Gasteiger partial charge in [-0.3, -0.25) is 4.79 Å². The van der Waals surface area contributed by atoms with E-state index in [0.717, 1.165) is 28.3 Å². The molecule has 0 spiro atoms. The quantitative estimate of drug-likeness (QED) is 0.420. The van der Waals surface area contributed by atoms with E-state index < -0.39 is 0 Å². The van der Waals surface area contributed by atoms with Gasteiger partial charge in [-0.1, -0.05) is 35.4 Å². The number of hydrogen-bond acceptors (Lipinski definition) is 6. The molecule has 34 heavy (non-hydrogen) atoms. The van der Waals surface area contributed by atoms with Crippen LogP contribution in [0.2, 0.25) is 5.02 Å². The summed E-state index contributed by atoms with van der Waals surface area (Å²) in [6, 6.07) is 15.3. The Balaban J connectivity index is 1.21. The van der Waals surface area contributed by atoms with Crippen LogP contribution >= 0.6 is 11.6 Å². The maximum atomic E-state index is 12.7. The summed E-state index contributed by atoms with van der Waals surface area (Å²) in [6.07, 6.45) is 3.70. The first-order valence-electron chi connectivity index (χ1n) is 11.3. The fraction of sp³-hybridized carbons (Fsp3) is 0.280. The van der Waals surface area contributed by atoms with Crippen molar-refractivity contribution < 1.29 is 9.53 Å². The Kier molecular flexibility index (Phi) is 6.31. The predicted octanol–water partition coefficient (Wildman–Crippen LogP) is 3.90. The molecule has 9 heteroatoms. The van der Waals surface area contributed by atoms with Crippen LogP contribution in [0.4, 0.5) is 5.82 Å². The van der Waals surface area contributed by atoms with Crippen LogP contribution in [-0.2, 0) is 4.79 Å². The number of fused-ring (bicyclic) bond motifs is 1. The molecule has 3 heterocycles. The maximum Gasteiger partial charge on any atom is 0.226 e. The summed E-state index contributed by atoms with van der Waals surface area (Å²) >= 11 is 6.15. The molecule has 1 amide bonds. The standard InChI is InChI=1S/C25H25ClN6O2/c1-18-5-7-21(8-6-18)34-14-9-23(33)30-10-12-31(13-11-30)24-22-16-29-32(25(22)28-17-27-24)20-4-2-3-19(26)15-20/h2-8,15-17H,9-14H2,1H3. The van der Waals surface area contributed by atoms with Crippen molar-refractivity contribution >= 4 is 34.4 Å². The fourth-order valence-corrected chi connectivity index (χ4v) is 4.28. The van der Waals surface area contributed by atoms with Crippen LogP contribution < -0.4 is 9.64 Å². The van der Waals surface area contributed by atoms with Crippen LogP contribution in [0.1, 0.15) is 12.0 Å². The van der Waals surface area contributed by atoms with Gasteiger partial charge in [-0.05, 0) is 37.3 Å². The van der Waals surface area contributed by atoms with E-state index in [1.54, 1.807) is 17.2 Å². The number of amides is 1. The van der Waals surface area contributed by atoms with Crippen LogP contribution in [0.25, 0.3) is 16.7 Å². The average molecular weight is 477 g/mol. The number of aromatic nitrogens is 4. The number of rotatable bonds is 6. The number of anilines is 1. The largest absolute Gasteiger partial charge is 0.493 e. The van der Waals surface area contributed by atoms with Crippen molar-refractivity contribution in [1.82, 2.24) is 24.6 Å². The predicted molar refractivity (Wildman–Crippen MR) is 132 cm³/mol. The van der Waals surface area contributed by atoms with Crippen LogP contribution in [0.5, 0.6) is 5.75 Å². The summed E-state index contributed by atoms with van der Waals surface area (Å²) in [5.74, 6) is 1.72. The van der Waals surface area contributed by atoms with Gasteiger partial charge in [-0.15, -0.1) is 0 Å². The average Bonchev–Trinajstić information content (AvgIpc) is 3.30. The molecule has 2 aromatic heterocycles. The number of hydrogen-bond donors (Lipinski definition) is 0. The molecule has 1 fully saturated rings. The molecule has 0 atom stereocenters. The molecule has 0 saturated carbocycles. The molecule has 8 nitrogen and oxygen atoms in total. The second kappa shape index (κ2) is 9.69. The first-order chi connectivity index (χ1) is 16.6. The van der Waals surface area contributed by atoms with Crippen molar-refractivity contribution in [3.63, 3.8) is 0 Å². The second-order valence-corrected chi connectivity index (χ2v) is 8.69. The molecular formula is C25H25ClN6O2. The van der Waals surface area contributed by atoms with Gasteiger partial charge >= 0.3 is 0 Å². The molecule has 1 aliphatic heterocycles. The Labute approximate surface area is 202 Å². The second-order valence-electron chi connectivity index (χ2n) is 8.25. The van der Waals surface area contributed by atoms with Crippen LogP contribution in [0.3, 0.4) is 0 Å². The lowest BCUT2D eigenvalue weighted by Gasteiger charge is -2.35. The zero-order chi connectivity index (χ0) is 23.5. The highest BCUT2D eigenvalue weighted by Crippen LogP contribution is 2.26. The summed E-state index contributed by atoms with van der Waals surface area (Å²) in [6.45, 7) is 5.06. The molecule has 1 saturated heterocycles. The van der Waals surface area contributed by atoms with E-state index in [2.05, 4.69) is 20.0 Å². The van der Waals surface area contributed by atoms with E-state index in [1.807, 2.05) is 60.4 Å². The Hall–Kier alpha value is -3.65. The van der Waals surface area contributed by atoms with Gasteiger partial charge in [0.1, 0.15) is 17.9 Å². The molecule has 4 aromatic rings. The fourth-order valence-electron chi connectivity index (χ4n) is 4.10. The third-order valence-electron chi connectivity index (χ3n) is 5.94. The van der Waals surface area contributed by atoms with Crippen LogP contribution in [0, 0.1) is 6.92 Å². The minimum absolute atomic E-state index is 0.105. The van der Waals surface area contributed by atoms with Crippen LogP contribution in [-0.4, -0.2) is 63.3 Å². The van der Waals surface area contributed by atoms with Crippen molar-refractivity contribution in [3.05, 3.63) is 71.6 Å². The topological polar surface area (TPSA) is 76.4 Å². The van der Waals surface area contributed by atoms with Crippen molar-refractivity contribution in [1.29, 1.82) is 0 Å². The molecule has 0 unspecified atom stereocenters. The lowest BCUT2D eigenvalue weighted by molar-refractivity contribution is -0.132. The Bertz CT molecular complexity index is 1300. The highest BCUT2D eigenvalue weighted by molar-refractivity contribution is 6.30. The molecule has 5 rings (SSSR count). The third kappa shape index (κ3) is 4.68. The number of nitrogens with zero attached hydrogens (tertiary/aromatic N) is 6.